The molecular formula is C13H19ClN2O2. The van der Waals surface area contributed by atoms with Crippen molar-refractivity contribution in [2.24, 2.45) is 0 Å². The zero-order valence-electron chi connectivity index (χ0n) is 10.9. The third-order valence-corrected chi connectivity index (χ3v) is 2.86. The summed E-state index contributed by atoms with van der Waals surface area (Å²) in [7, 11) is 4.02. The van der Waals surface area contributed by atoms with Gasteiger partial charge in [0.05, 0.1) is 5.56 Å². The molecule has 0 aliphatic heterocycles. The molecule has 18 heavy (non-hydrogen) atoms. The molecule has 0 aliphatic carbocycles. The quantitative estimate of drug-likeness (QED) is 0.835. The molecule has 1 atom stereocenters. The second-order valence-corrected chi connectivity index (χ2v) is 5.07. The van der Waals surface area contributed by atoms with E-state index in [4.69, 9.17) is 16.7 Å². The minimum absolute atomic E-state index is 0.201. The Morgan fingerprint density at radius 3 is 2.72 bits per heavy atom. The molecule has 0 fully saturated rings. The van der Waals surface area contributed by atoms with Gasteiger partial charge in [0, 0.05) is 16.8 Å². The zero-order valence-corrected chi connectivity index (χ0v) is 11.7. The van der Waals surface area contributed by atoms with Crippen LogP contribution in [0, 0.1) is 0 Å². The number of anilines is 1. The summed E-state index contributed by atoms with van der Waals surface area (Å²) in [5.74, 6) is -0.972. The lowest BCUT2D eigenvalue weighted by atomic mass is 10.1. The number of nitrogens with one attached hydrogen (secondary N) is 1. The van der Waals surface area contributed by atoms with Gasteiger partial charge < -0.3 is 15.3 Å². The number of hydrogen-bond acceptors (Lipinski definition) is 3. The molecule has 1 rings (SSSR count). The van der Waals surface area contributed by atoms with Crippen LogP contribution in [0.2, 0.25) is 5.02 Å². The second kappa shape index (κ2) is 6.61. The number of aromatic carboxylic acids is 1. The van der Waals surface area contributed by atoms with Crippen LogP contribution in [0.4, 0.5) is 5.69 Å². The summed E-state index contributed by atoms with van der Waals surface area (Å²) in [4.78, 5) is 13.2. The van der Waals surface area contributed by atoms with Gasteiger partial charge in [-0.05, 0) is 52.2 Å². The molecule has 0 aromatic heterocycles. The third-order valence-electron chi connectivity index (χ3n) is 2.62. The third kappa shape index (κ3) is 4.55. The number of rotatable bonds is 6. The predicted octanol–water partition coefficient (Wildman–Crippen LogP) is 2.79. The van der Waals surface area contributed by atoms with Gasteiger partial charge in [-0.3, -0.25) is 0 Å². The molecule has 4 nitrogen and oxygen atoms in total. The molecule has 5 heteroatoms. The minimum atomic E-state index is -0.972. The van der Waals surface area contributed by atoms with E-state index in [1.165, 1.54) is 6.07 Å². The molecular weight excluding hydrogens is 252 g/mol. The van der Waals surface area contributed by atoms with Crippen LogP contribution in [-0.4, -0.2) is 42.7 Å². The number of hydrogen-bond donors (Lipinski definition) is 2. The average molecular weight is 271 g/mol. The van der Waals surface area contributed by atoms with Crippen molar-refractivity contribution in [3.63, 3.8) is 0 Å². The van der Waals surface area contributed by atoms with Crippen molar-refractivity contribution in [1.29, 1.82) is 0 Å². The van der Waals surface area contributed by atoms with Gasteiger partial charge in [-0.2, -0.15) is 0 Å². The van der Waals surface area contributed by atoms with E-state index >= 15 is 0 Å². The fourth-order valence-electron chi connectivity index (χ4n) is 1.61. The Hall–Kier alpha value is -1.26. The number of benzene rings is 1. The Labute approximate surface area is 113 Å². The first-order valence-corrected chi connectivity index (χ1v) is 6.22. The number of carboxylic acids is 1. The average Bonchev–Trinajstić information content (AvgIpc) is 2.28. The van der Waals surface area contributed by atoms with Gasteiger partial charge >= 0.3 is 5.97 Å². The van der Waals surface area contributed by atoms with Crippen LogP contribution in [0.25, 0.3) is 0 Å². The van der Waals surface area contributed by atoms with E-state index in [0.717, 1.165) is 13.0 Å². The van der Waals surface area contributed by atoms with Gasteiger partial charge in [0.1, 0.15) is 0 Å². The summed E-state index contributed by atoms with van der Waals surface area (Å²) in [6, 6.07) is 5.06. The van der Waals surface area contributed by atoms with E-state index in [9.17, 15) is 4.79 Å². The lowest BCUT2D eigenvalue weighted by Gasteiger charge is -2.19. The molecule has 0 heterocycles. The first kappa shape index (κ1) is 14.8. The molecule has 1 aromatic rings. The fourth-order valence-corrected chi connectivity index (χ4v) is 1.78. The van der Waals surface area contributed by atoms with E-state index in [1.54, 1.807) is 12.1 Å². The summed E-state index contributed by atoms with van der Waals surface area (Å²) in [6.45, 7) is 2.98. The Bertz CT molecular complexity index is 421. The topological polar surface area (TPSA) is 52.6 Å². The SMILES string of the molecule is CC(CCN(C)C)Nc1ccc(Cl)cc1C(=O)O. The Kier molecular flexibility index (Phi) is 5.44. The lowest BCUT2D eigenvalue weighted by Crippen LogP contribution is -2.23. The van der Waals surface area contributed by atoms with Crippen molar-refractivity contribution in [3.8, 4) is 0 Å². The minimum Gasteiger partial charge on any atom is -0.478 e. The highest BCUT2D eigenvalue weighted by Gasteiger charge is 2.12. The van der Waals surface area contributed by atoms with Crippen LogP contribution in [0.3, 0.4) is 0 Å². The summed E-state index contributed by atoms with van der Waals surface area (Å²) >= 11 is 5.80. The maximum absolute atomic E-state index is 11.1. The molecule has 0 spiro atoms. The van der Waals surface area contributed by atoms with Crippen molar-refractivity contribution in [1.82, 2.24) is 4.90 Å². The molecule has 0 amide bonds. The monoisotopic (exact) mass is 270 g/mol. The molecule has 0 bridgehead atoms. The highest BCUT2D eigenvalue weighted by atomic mass is 35.5. The van der Waals surface area contributed by atoms with Gasteiger partial charge in [0.2, 0.25) is 0 Å². The highest BCUT2D eigenvalue weighted by molar-refractivity contribution is 6.31. The van der Waals surface area contributed by atoms with Crippen LogP contribution >= 0.6 is 11.6 Å². The first-order chi connectivity index (χ1) is 8.40. The van der Waals surface area contributed by atoms with Crippen molar-refractivity contribution < 1.29 is 9.90 Å². The number of halogens is 1. The van der Waals surface area contributed by atoms with Gasteiger partial charge in [-0.15, -0.1) is 0 Å². The summed E-state index contributed by atoms with van der Waals surface area (Å²) in [5.41, 5.74) is 0.817. The van der Waals surface area contributed by atoms with E-state index in [1.807, 2.05) is 21.0 Å². The van der Waals surface area contributed by atoms with Crippen LogP contribution in [-0.2, 0) is 0 Å². The van der Waals surface area contributed by atoms with Crippen molar-refractivity contribution in [2.75, 3.05) is 26.0 Å². The van der Waals surface area contributed by atoms with Crippen LogP contribution < -0.4 is 5.32 Å². The van der Waals surface area contributed by atoms with Gasteiger partial charge in [-0.1, -0.05) is 11.6 Å². The number of carbonyl (C=O) groups is 1. The molecule has 0 radical (unpaired) electrons. The van der Waals surface area contributed by atoms with Crippen LogP contribution in [0.15, 0.2) is 18.2 Å². The van der Waals surface area contributed by atoms with E-state index in [0.29, 0.717) is 10.7 Å². The van der Waals surface area contributed by atoms with Crippen LogP contribution in [0.5, 0.6) is 0 Å². The molecule has 2 N–H and O–H groups in total. The largest absolute Gasteiger partial charge is 0.478 e. The second-order valence-electron chi connectivity index (χ2n) is 4.63. The Morgan fingerprint density at radius 2 is 2.17 bits per heavy atom. The van der Waals surface area contributed by atoms with Crippen molar-refractivity contribution in [2.45, 2.75) is 19.4 Å². The molecule has 100 valence electrons. The number of nitrogens with zero attached hydrogens (tertiary/aromatic N) is 1. The summed E-state index contributed by atoms with van der Waals surface area (Å²) in [5, 5.41) is 12.8. The standard InChI is InChI=1S/C13H19ClN2O2/c1-9(6-7-16(2)3)15-12-5-4-10(14)8-11(12)13(17)18/h4-5,8-9,15H,6-7H2,1-3H3,(H,17,18). The van der Waals surface area contributed by atoms with E-state index in [2.05, 4.69) is 10.2 Å². The summed E-state index contributed by atoms with van der Waals surface area (Å²) in [6.07, 6.45) is 0.939. The molecule has 1 unspecified atom stereocenters. The summed E-state index contributed by atoms with van der Waals surface area (Å²) < 4.78 is 0. The first-order valence-electron chi connectivity index (χ1n) is 5.84. The Balaban J connectivity index is 2.74. The van der Waals surface area contributed by atoms with Crippen molar-refractivity contribution >= 4 is 23.3 Å². The van der Waals surface area contributed by atoms with Crippen molar-refractivity contribution in [3.05, 3.63) is 28.8 Å². The Morgan fingerprint density at radius 1 is 1.50 bits per heavy atom. The van der Waals surface area contributed by atoms with Gasteiger partial charge in [0.15, 0.2) is 0 Å². The molecule has 0 aliphatic rings. The fraction of sp³-hybridized carbons (Fsp3) is 0.462. The van der Waals surface area contributed by atoms with Gasteiger partial charge in [0.25, 0.3) is 0 Å². The maximum Gasteiger partial charge on any atom is 0.337 e. The molecule has 1 aromatic carbocycles. The maximum atomic E-state index is 11.1. The van der Waals surface area contributed by atoms with Gasteiger partial charge in [-0.25, -0.2) is 4.79 Å². The normalized spacial score (nSPS) is 12.5. The van der Waals surface area contributed by atoms with Crippen LogP contribution in [0.1, 0.15) is 23.7 Å². The van der Waals surface area contributed by atoms with E-state index < -0.39 is 5.97 Å². The number of carboxylic acid groups (broad SMARTS) is 1. The highest BCUT2D eigenvalue weighted by Crippen LogP contribution is 2.21. The zero-order chi connectivity index (χ0) is 13.7. The smallest absolute Gasteiger partial charge is 0.337 e. The lowest BCUT2D eigenvalue weighted by molar-refractivity contribution is 0.0698. The molecule has 0 saturated carbocycles. The van der Waals surface area contributed by atoms with E-state index in [-0.39, 0.29) is 11.6 Å². The predicted molar refractivity (Wildman–Crippen MR) is 74.7 cm³/mol. The molecule has 0 saturated heterocycles.